The van der Waals surface area contributed by atoms with Crippen LogP contribution in [-0.2, 0) is 11.2 Å². The number of aromatic amines is 1. The first-order valence-corrected chi connectivity index (χ1v) is 13.5. The molecule has 0 fully saturated rings. The van der Waals surface area contributed by atoms with Crippen molar-refractivity contribution in [1.82, 2.24) is 15.1 Å². The number of benzene rings is 1. The number of carbonyl (C=O) groups excluding carboxylic acids is 2. The average Bonchev–Trinajstić information content (AvgIpc) is 3.35. The molecule has 3 aliphatic carbocycles. The standard InChI is InChI=1S/C27H30N5O5P/c1-31(2)17-9-12(16-5-6-29-30-16)22(33)19-13(17)7-11-8-14-21(32(3)4)24(35)20(26(28)37)15-10-38-27(14,15)25(36)18(11)23(19)34/h5-6,9-11,14,21,33,35-36,38H,7-8H2,1-4H3,(H2,28,37)(H,29,30)/t11-,14-,21-,27+/m0/s1. The minimum absolute atomic E-state index is 0.0199. The third kappa shape index (κ3) is 2.98. The number of aromatic hydroxyl groups is 1. The van der Waals surface area contributed by atoms with Gasteiger partial charge >= 0.3 is 0 Å². The Labute approximate surface area is 221 Å². The number of nitrogens with one attached hydrogen (secondary N) is 1. The summed E-state index contributed by atoms with van der Waals surface area (Å²) in [6, 6.07) is 3.01. The van der Waals surface area contributed by atoms with Crippen LogP contribution in [0.15, 0.2) is 52.4 Å². The van der Waals surface area contributed by atoms with Crippen molar-refractivity contribution >= 4 is 26.0 Å². The van der Waals surface area contributed by atoms with Gasteiger partial charge in [0.1, 0.15) is 17.3 Å². The van der Waals surface area contributed by atoms with Gasteiger partial charge in [-0.2, -0.15) is 5.10 Å². The summed E-state index contributed by atoms with van der Waals surface area (Å²) in [5.41, 5.74) is 9.09. The van der Waals surface area contributed by atoms with E-state index in [1.807, 2.05) is 49.9 Å². The lowest BCUT2D eigenvalue weighted by atomic mass is 9.59. The summed E-state index contributed by atoms with van der Waals surface area (Å²) in [6.45, 7) is 0. The molecule has 1 aromatic heterocycles. The maximum absolute atomic E-state index is 14.2. The van der Waals surface area contributed by atoms with E-state index < -0.39 is 22.9 Å². The fourth-order valence-corrected chi connectivity index (χ4v) is 8.60. The first-order valence-electron chi connectivity index (χ1n) is 12.4. The number of fused-ring (bicyclic) bond motifs is 2. The zero-order chi connectivity index (χ0) is 27.3. The van der Waals surface area contributed by atoms with Crippen molar-refractivity contribution in [3.63, 3.8) is 0 Å². The topological polar surface area (TPSA) is 156 Å². The predicted molar refractivity (Wildman–Crippen MR) is 145 cm³/mol. The summed E-state index contributed by atoms with van der Waals surface area (Å²) in [7, 11) is 7.52. The Morgan fingerprint density at radius 2 is 1.97 bits per heavy atom. The Morgan fingerprint density at radius 3 is 2.53 bits per heavy atom. The molecule has 6 N–H and O–H groups in total. The van der Waals surface area contributed by atoms with Gasteiger partial charge in [0.2, 0.25) is 0 Å². The van der Waals surface area contributed by atoms with Crippen molar-refractivity contribution in [3.8, 4) is 17.0 Å². The van der Waals surface area contributed by atoms with E-state index in [1.54, 1.807) is 12.3 Å². The number of Topliss-reactive ketones (excluding diaryl/α,β-unsaturated/α-hetero) is 1. The Hall–Kier alpha value is -3.62. The molecule has 2 heterocycles. The smallest absolute Gasteiger partial charge is 0.252 e. The number of aliphatic hydroxyl groups excluding tert-OH is 2. The van der Waals surface area contributed by atoms with Crippen molar-refractivity contribution in [1.29, 1.82) is 0 Å². The highest BCUT2D eigenvalue weighted by Gasteiger charge is 2.63. The van der Waals surface area contributed by atoms with Crippen molar-refractivity contribution in [2.24, 2.45) is 17.6 Å². The first-order chi connectivity index (χ1) is 18.0. The number of phenols is 1. The molecule has 5 atom stereocenters. The highest BCUT2D eigenvalue weighted by atomic mass is 31.1. The van der Waals surface area contributed by atoms with Crippen LogP contribution < -0.4 is 10.6 Å². The van der Waals surface area contributed by atoms with Gasteiger partial charge in [-0.15, -0.1) is 0 Å². The molecular weight excluding hydrogens is 505 g/mol. The Kier molecular flexibility index (Phi) is 5.32. The quantitative estimate of drug-likeness (QED) is 0.374. The molecule has 2 aromatic rings. The minimum Gasteiger partial charge on any atom is -0.511 e. The van der Waals surface area contributed by atoms with Crippen LogP contribution in [0, 0.1) is 11.8 Å². The van der Waals surface area contributed by atoms with E-state index in [2.05, 4.69) is 10.2 Å². The molecule has 10 nitrogen and oxygen atoms in total. The number of hydrogen-bond donors (Lipinski definition) is 5. The van der Waals surface area contributed by atoms with Crippen LogP contribution >= 0.6 is 8.58 Å². The third-order valence-electron chi connectivity index (χ3n) is 8.55. The van der Waals surface area contributed by atoms with Crippen LogP contribution in [0.2, 0.25) is 0 Å². The third-order valence-corrected chi connectivity index (χ3v) is 10.3. The fourth-order valence-electron chi connectivity index (χ4n) is 6.97. The molecule has 1 aromatic carbocycles. The van der Waals surface area contributed by atoms with E-state index in [1.165, 1.54) is 0 Å². The maximum Gasteiger partial charge on any atom is 0.252 e. The number of phenolic OH excluding ortho intramolecular Hbond substituents is 1. The summed E-state index contributed by atoms with van der Waals surface area (Å²) >= 11 is 0. The number of primary amides is 1. The van der Waals surface area contributed by atoms with Crippen molar-refractivity contribution in [2.45, 2.75) is 24.0 Å². The maximum atomic E-state index is 14.2. The number of hydrogen-bond acceptors (Lipinski definition) is 8. The lowest BCUT2D eigenvalue weighted by Crippen LogP contribution is -2.60. The molecule has 0 bridgehead atoms. The van der Waals surface area contributed by atoms with E-state index >= 15 is 0 Å². The first kappa shape index (κ1) is 24.7. The number of anilines is 1. The number of nitrogens with zero attached hydrogens (tertiary/aromatic N) is 3. The van der Waals surface area contributed by atoms with Crippen LogP contribution in [0.3, 0.4) is 0 Å². The number of aromatic nitrogens is 2. The summed E-state index contributed by atoms with van der Waals surface area (Å²) in [6.07, 6.45) is 2.60. The molecule has 1 spiro atoms. The Morgan fingerprint density at radius 1 is 1.24 bits per heavy atom. The monoisotopic (exact) mass is 535 g/mol. The molecule has 0 saturated carbocycles. The van der Waals surface area contributed by atoms with E-state index in [0.717, 1.165) is 11.3 Å². The van der Waals surface area contributed by atoms with Gasteiger partial charge in [-0.3, -0.25) is 19.6 Å². The average molecular weight is 536 g/mol. The van der Waals surface area contributed by atoms with E-state index in [4.69, 9.17) is 5.73 Å². The number of ketones is 1. The highest BCUT2D eigenvalue weighted by molar-refractivity contribution is 7.46. The van der Waals surface area contributed by atoms with Crippen LogP contribution in [-0.4, -0.2) is 81.5 Å². The number of aliphatic hydroxyl groups is 2. The number of amides is 1. The van der Waals surface area contributed by atoms with Gasteiger partial charge in [0.05, 0.1) is 28.0 Å². The van der Waals surface area contributed by atoms with E-state index in [9.17, 15) is 24.9 Å². The highest BCUT2D eigenvalue weighted by Crippen LogP contribution is 2.69. The molecule has 38 heavy (non-hydrogen) atoms. The van der Waals surface area contributed by atoms with Gasteiger partial charge in [-0.05, 0) is 56.1 Å². The lowest BCUT2D eigenvalue weighted by molar-refractivity contribution is -0.114. The summed E-state index contributed by atoms with van der Waals surface area (Å²) < 4.78 is 0. The zero-order valence-corrected chi connectivity index (χ0v) is 22.5. The van der Waals surface area contributed by atoms with Gasteiger partial charge in [0.25, 0.3) is 5.91 Å². The Bertz CT molecular complexity index is 1510. The fraction of sp³-hybridized carbons (Fsp3) is 0.370. The van der Waals surface area contributed by atoms with Crippen molar-refractivity contribution in [2.75, 3.05) is 33.1 Å². The molecule has 198 valence electrons. The van der Waals surface area contributed by atoms with Gasteiger partial charge in [-0.1, -0.05) is 14.4 Å². The van der Waals surface area contributed by atoms with E-state index in [0.29, 0.717) is 29.7 Å². The molecule has 11 heteroatoms. The Balaban J connectivity index is 1.58. The molecule has 1 unspecified atom stereocenters. The molecule has 0 radical (unpaired) electrons. The molecule has 6 rings (SSSR count). The molecule has 1 aliphatic heterocycles. The zero-order valence-electron chi connectivity index (χ0n) is 21.5. The number of rotatable bonds is 4. The minimum atomic E-state index is -0.968. The van der Waals surface area contributed by atoms with E-state index in [-0.39, 0.29) is 54.4 Å². The second-order valence-corrected chi connectivity index (χ2v) is 12.2. The molecule has 1 amide bonds. The van der Waals surface area contributed by atoms with Crippen LogP contribution in [0.4, 0.5) is 5.69 Å². The molecule has 4 aliphatic rings. The second-order valence-electron chi connectivity index (χ2n) is 10.9. The number of carbonyl (C=O) groups is 2. The normalized spacial score (nSPS) is 28.4. The number of allylic oxidation sites excluding steroid dienone is 2. The van der Waals surface area contributed by atoms with Crippen molar-refractivity contribution in [3.05, 3.63) is 63.5 Å². The lowest BCUT2D eigenvalue weighted by Gasteiger charge is -2.58. The molecule has 0 saturated heterocycles. The van der Waals surface area contributed by atoms with Gasteiger partial charge < -0.3 is 26.0 Å². The summed E-state index contributed by atoms with van der Waals surface area (Å²) in [4.78, 5) is 30.4. The summed E-state index contributed by atoms with van der Waals surface area (Å²) in [5, 5.41) is 40.5. The molecular formula is C27H30N5O5P. The van der Waals surface area contributed by atoms with Crippen LogP contribution in [0.25, 0.3) is 11.3 Å². The van der Waals surface area contributed by atoms with Crippen molar-refractivity contribution < 1.29 is 24.9 Å². The predicted octanol–water partition coefficient (Wildman–Crippen LogP) is 2.59. The van der Waals surface area contributed by atoms with Gasteiger partial charge in [-0.25, -0.2) is 0 Å². The van der Waals surface area contributed by atoms with Crippen LogP contribution in [0.5, 0.6) is 5.75 Å². The largest absolute Gasteiger partial charge is 0.511 e. The van der Waals surface area contributed by atoms with Crippen LogP contribution in [0.1, 0.15) is 22.3 Å². The number of likely N-dealkylation sites (N-methyl/N-ethyl adjacent to an activating group) is 1. The number of H-pyrrole nitrogens is 1. The second kappa shape index (κ2) is 8.19. The summed E-state index contributed by atoms with van der Waals surface area (Å²) in [5.74, 6) is -0.272. The van der Waals surface area contributed by atoms with Gasteiger partial charge in [0, 0.05) is 43.0 Å². The van der Waals surface area contributed by atoms with Gasteiger partial charge in [0.15, 0.2) is 5.78 Å². The number of nitrogens with two attached hydrogens (primary N) is 1. The SMILES string of the molecule is CN(C)c1cc(-c2cc[nH]n2)c(O)c2c1C[C@H]1C[C@H]3[C@H](N(C)C)C(O)=C(C(N)=O)C4=CP[C@@]43C(O)=C1C2=O.